The first-order valence-electron chi connectivity index (χ1n) is 9.33. The lowest BCUT2D eigenvalue weighted by Gasteiger charge is -2.29. The highest BCUT2D eigenvalue weighted by molar-refractivity contribution is 14.1. The van der Waals surface area contributed by atoms with Crippen LogP contribution in [0.25, 0.3) is 11.1 Å². The number of carbonyl (C=O) groups excluding carboxylic acids is 1. The number of carbonyl (C=O) groups is 1. The standard InChI is InChI=1S/C21H25IN2O3S/c1-15-3-5-17(6-4-15)18-11-19(13-20(22)12-18)21(25)23-16(2)14-24-7-9-28(26,27)10-8-24/h3-6,11-13,16H,7-10,14H2,1-2H3,(H,23,25). The minimum Gasteiger partial charge on any atom is -0.348 e. The maximum absolute atomic E-state index is 12.8. The van der Waals surface area contributed by atoms with E-state index in [0.717, 1.165) is 14.7 Å². The first-order valence-corrected chi connectivity index (χ1v) is 12.2. The van der Waals surface area contributed by atoms with Gasteiger partial charge >= 0.3 is 0 Å². The van der Waals surface area contributed by atoms with Crippen molar-refractivity contribution in [1.29, 1.82) is 0 Å². The molecule has 2 aromatic carbocycles. The first kappa shape index (κ1) is 21.3. The Morgan fingerprint density at radius 2 is 1.75 bits per heavy atom. The van der Waals surface area contributed by atoms with E-state index in [4.69, 9.17) is 0 Å². The predicted octanol–water partition coefficient (Wildman–Crippen LogP) is 3.12. The zero-order valence-electron chi connectivity index (χ0n) is 16.1. The fourth-order valence-electron chi connectivity index (χ4n) is 3.31. The second-order valence-electron chi connectivity index (χ2n) is 7.42. The van der Waals surface area contributed by atoms with Crippen molar-refractivity contribution in [2.45, 2.75) is 19.9 Å². The Hall–Kier alpha value is -1.45. The van der Waals surface area contributed by atoms with Crippen molar-refractivity contribution in [3.05, 3.63) is 57.2 Å². The van der Waals surface area contributed by atoms with Crippen LogP contribution in [-0.4, -0.2) is 56.4 Å². The van der Waals surface area contributed by atoms with Crippen molar-refractivity contribution < 1.29 is 13.2 Å². The summed E-state index contributed by atoms with van der Waals surface area (Å²) in [6.45, 7) is 5.72. The Morgan fingerprint density at radius 3 is 2.39 bits per heavy atom. The lowest BCUT2D eigenvalue weighted by molar-refractivity contribution is 0.0930. The zero-order valence-corrected chi connectivity index (χ0v) is 19.1. The van der Waals surface area contributed by atoms with E-state index in [0.29, 0.717) is 25.2 Å². The number of benzene rings is 2. The van der Waals surface area contributed by atoms with Gasteiger partial charge in [-0.25, -0.2) is 8.42 Å². The molecule has 1 aliphatic rings. The fourth-order valence-corrected chi connectivity index (χ4v) is 5.25. The van der Waals surface area contributed by atoms with Crippen LogP contribution in [0.2, 0.25) is 0 Å². The van der Waals surface area contributed by atoms with Gasteiger partial charge in [-0.05, 0) is 65.8 Å². The van der Waals surface area contributed by atoms with E-state index >= 15 is 0 Å². The van der Waals surface area contributed by atoms with Crippen LogP contribution in [-0.2, 0) is 9.84 Å². The van der Waals surface area contributed by atoms with Crippen LogP contribution in [0.5, 0.6) is 0 Å². The van der Waals surface area contributed by atoms with Crippen LogP contribution in [0.4, 0.5) is 0 Å². The summed E-state index contributed by atoms with van der Waals surface area (Å²) in [6, 6.07) is 14.1. The number of hydrogen-bond acceptors (Lipinski definition) is 4. The molecule has 0 aromatic heterocycles. The Kier molecular flexibility index (Phi) is 6.77. The minimum absolute atomic E-state index is 0.0611. The van der Waals surface area contributed by atoms with Gasteiger partial charge in [0.1, 0.15) is 0 Å². The topological polar surface area (TPSA) is 66.5 Å². The molecule has 7 heteroatoms. The summed E-state index contributed by atoms with van der Waals surface area (Å²) in [6.07, 6.45) is 0. The van der Waals surface area contributed by atoms with Crippen LogP contribution in [0.1, 0.15) is 22.8 Å². The number of aryl methyl sites for hydroxylation is 1. The highest BCUT2D eigenvalue weighted by Crippen LogP contribution is 2.24. The van der Waals surface area contributed by atoms with Gasteiger partial charge in [0, 0.05) is 34.8 Å². The van der Waals surface area contributed by atoms with Crippen LogP contribution in [0.3, 0.4) is 0 Å². The van der Waals surface area contributed by atoms with Crippen LogP contribution in [0, 0.1) is 10.5 Å². The number of sulfone groups is 1. The number of halogens is 1. The van der Waals surface area contributed by atoms with Crippen molar-refractivity contribution in [3.8, 4) is 11.1 Å². The first-order chi connectivity index (χ1) is 13.2. The number of nitrogens with one attached hydrogen (secondary N) is 1. The highest BCUT2D eigenvalue weighted by Gasteiger charge is 2.23. The molecule has 1 unspecified atom stereocenters. The summed E-state index contributed by atoms with van der Waals surface area (Å²) in [5.74, 6) is 0.290. The summed E-state index contributed by atoms with van der Waals surface area (Å²) in [5.41, 5.74) is 3.94. The Bertz CT molecular complexity index is 944. The van der Waals surface area contributed by atoms with Crippen molar-refractivity contribution in [2.24, 2.45) is 0 Å². The summed E-state index contributed by atoms with van der Waals surface area (Å²) in [5, 5.41) is 3.05. The van der Waals surface area contributed by atoms with Crippen molar-refractivity contribution in [1.82, 2.24) is 10.2 Å². The van der Waals surface area contributed by atoms with Gasteiger partial charge in [-0.2, -0.15) is 0 Å². The quantitative estimate of drug-likeness (QED) is 0.626. The largest absolute Gasteiger partial charge is 0.348 e. The zero-order chi connectivity index (χ0) is 20.3. The van der Waals surface area contributed by atoms with Gasteiger partial charge in [-0.1, -0.05) is 29.8 Å². The predicted molar refractivity (Wildman–Crippen MR) is 121 cm³/mol. The minimum atomic E-state index is -2.89. The molecule has 1 N–H and O–H groups in total. The average Bonchev–Trinajstić information content (AvgIpc) is 2.63. The molecule has 1 atom stereocenters. The Labute approximate surface area is 180 Å². The van der Waals surface area contributed by atoms with E-state index in [-0.39, 0.29) is 23.5 Å². The summed E-state index contributed by atoms with van der Waals surface area (Å²) >= 11 is 2.23. The van der Waals surface area contributed by atoms with E-state index in [9.17, 15) is 13.2 Å². The number of hydrogen-bond donors (Lipinski definition) is 1. The molecule has 3 rings (SSSR count). The normalized spacial score (nSPS) is 17.8. The molecular formula is C21H25IN2O3S. The van der Waals surface area contributed by atoms with E-state index < -0.39 is 9.84 Å². The van der Waals surface area contributed by atoms with Crippen LogP contribution >= 0.6 is 22.6 Å². The molecule has 150 valence electrons. The lowest BCUT2D eigenvalue weighted by atomic mass is 10.0. The number of amides is 1. The molecule has 1 heterocycles. The van der Waals surface area contributed by atoms with Crippen LogP contribution in [0.15, 0.2) is 42.5 Å². The van der Waals surface area contributed by atoms with E-state index in [1.54, 1.807) is 0 Å². The SMILES string of the molecule is Cc1ccc(-c2cc(I)cc(C(=O)NC(C)CN3CCS(=O)(=O)CC3)c2)cc1. The fraction of sp³-hybridized carbons (Fsp3) is 0.381. The molecule has 1 aliphatic heterocycles. The molecule has 5 nitrogen and oxygen atoms in total. The maximum Gasteiger partial charge on any atom is 0.251 e. The van der Waals surface area contributed by atoms with E-state index in [2.05, 4.69) is 70.1 Å². The third-order valence-electron chi connectivity index (χ3n) is 4.89. The molecule has 0 aliphatic carbocycles. The van der Waals surface area contributed by atoms with E-state index in [1.807, 2.05) is 19.1 Å². The number of nitrogens with zero attached hydrogens (tertiary/aromatic N) is 1. The molecule has 0 saturated carbocycles. The summed E-state index contributed by atoms with van der Waals surface area (Å²) < 4.78 is 24.1. The molecule has 0 bridgehead atoms. The monoisotopic (exact) mass is 512 g/mol. The maximum atomic E-state index is 12.8. The van der Waals surface area contributed by atoms with E-state index in [1.165, 1.54) is 5.56 Å². The van der Waals surface area contributed by atoms with Gasteiger partial charge in [0.05, 0.1) is 11.5 Å². The molecular weight excluding hydrogens is 487 g/mol. The lowest BCUT2D eigenvalue weighted by Crippen LogP contribution is -2.47. The van der Waals surface area contributed by atoms with Gasteiger partial charge in [-0.3, -0.25) is 9.69 Å². The van der Waals surface area contributed by atoms with Gasteiger partial charge < -0.3 is 5.32 Å². The Morgan fingerprint density at radius 1 is 1.11 bits per heavy atom. The van der Waals surface area contributed by atoms with Gasteiger partial charge in [0.2, 0.25) is 0 Å². The molecule has 1 fully saturated rings. The third kappa shape index (κ3) is 5.78. The highest BCUT2D eigenvalue weighted by atomic mass is 127. The second-order valence-corrected chi connectivity index (χ2v) is 11.0. The van der Waals surface area contributed by atoms with Gasteiger partial charge in [0.15, 0.2) is 9.84 Å². The molecule has 2 aromatic rings. The molecule has 0 spiro atoms. The third-order valence-corrected chi connectivity index (χ3v) is 7.12. The summed E-state index contributed by atoms with van der Waals surface area (Å²) in [4.78, 5) is 14.9. The Balaban J connectivity index is 1.66. The van der Waals surface area contributed by atoms with Crippen molar-refractivity contribution >= 4 is 38.3 Å². The molecule has 1 saturated heterocycles. The second kappa shape index (κ2) is 8.92. The van der Waals surface area contributed by atoms with Gasteiger partial charge in [0.25, 0.3) is 5.91 Å². The van der Waals surface area contributed by atoms with Crippen LogP contribution < -0.4 is 5.32 Å². The smallest absolute Gasteiger partial charge is 0.251 e. The molecule has 0 radical (unpaired) electrons. The van der Waals surface area contributed by atoms with Crippen molar-refractivity contribution in [2.75, 3.05) is 31.1 Å². The van der Waals surface area contributed by atoms with Gasteiger partial charge in [-0.15, -0.1) is 0 Å². The molecule has 1 amide bonds. The number of rotatable bonds is 5. The summed E-state index contributed by atoms with van der Waals surface area (Å²) in [7, 11) is -2.89. The molecule has 28 heavy (non-hydrogen) atoms. The van der Waals surface area contributed by atoms with Crippen molar-refractivity contribution in [3.63, 3.8) is 0 Å². The average molecular weight is 512 g/mol.